The van der Waals surface area contributed by atoms with Crippen LogP contribution in [0.3, 0.4) is 0 Å². The number of hydrogen-bond donors (Lipinski definition) is 0. The van der Waals surface area contributed by atoms with Gasteiger partial charge in [0.05, 0.1) is 7.11 Å². The number of aromatic nitrogens is 1. The minimum Gasteiger partial charge on any atom is -0.465 e. The molecule has 27 heavy (non-hydrogen) atoms. The van der Waals surface area contributed by atoms with Crippen LogP contribution >= 0.6 is 0 Å². The molecule has 7 nitrogen and oxygen atoms in total. The van der Waals surface area contributed by atoms with Crippen molar-refractivity contribution in [1.82, 2.24) is 9.47 Å². The number of likely N-dealkylation sites (tertiary alicyclic amines) is 1. The van der Waals surface area contributed by atoms with Crippen LogP contribution in [0.1, 0.15) is 34.8 Å². The summed E-state index contributed by atoms with van der Waals surface area (Å²) < 4.78 is 11.6. The summed E-state index contributed by atoms with van der Waals surface area (Å²) in [5, 5.41) is 0. The Balaban J connectivity index is 1.58. The molecule has 1 aliphatic rings. The van der Waals surface area contributed by atoms with Crippen molar-refractivity contribution in [3.05, 3.63) is 70.1 Å². The number of carbonyl (C=O) groups excluding carboxylic acids is 2. The van der Waals surface area contributed by atoms with Crippen LogP contribution in [0, 0.1) is 0 Å². The number of benzene rings is 1. The average Bonchev–Trinajstić information content (AvgIpc) is 2.72. The van der Waals surface area contributed by atoms with Gasteiger partial charge in [0.25, 0.3) is 5.56 Å². The fourth-order valence-electron chi connectivity index (χ4n) is 3.20. The highest BCUT2D eigenvalue weighted by Crippen LogP contribution is 2.22. The molecule has 0 spiro atoms. The highest BCUT2D eigenvalue weighted by molar-refractivity contribution is 5.88. The summed E-state index contributed by atoms with van der Waals surface area (Å²) in [7, 11) is 1.25. The lowest BCUT2D eigenvalue weighted by atomic mass is 10.0. The first-order chi connectivity index (χ1) is 13.1. The standard InChI is InChI=1S/C20H22N2O5/c1-26-19(24)17-8-5-11-22(18(17)23)16-9-12-21(13-10-16)20(25)27-14-15-6-3-2-4-7-15/h2-8,11,16H,9-10,12-14H2,1H3. The third-order valence-corrected chi connectivity index (χ3v) is 4.70. The van der Waals surface area contributed by atoms with Crippen LogP contribution in [0.4, 0.5) is 4.79 Å². The van der Waals surface area contributed by atoms with Gasteiger partial charge in [0.2, 0.25) is 0 Å². The van der Waals surface area contributed by atoms with E-state index in [0.717, 1.165) is 5.56 Å². The zero-order valence-electron chi connectivity index (χ0n) is 15.2. The number of methoxy groups -OCH3 is 1. The number of piperidine rings is 1. The molecular formula is C20H22N2O5. The van der Waals surface area contributed by atoms with E-state index in [2.05, 4.69) is 4.74 Å². The summed E-state index contributed by atoms with van der Waals surface area (Å²) in [5.74, 6) is -0.642. The van der Waals surface area contributed by atoms with Crippen LogP contribution in [0.25, 0.3) is 0 Å². The number of amides is 1. The fraction of sp³-hybridized carbons (Fsp3) is 0.350. The number of ether oxygens (including phenoxy) is 2. The summed E-state index contributed by atoms with van der Waals surface area (Å²) in [4.78, 5) is 38.1. The van der Waals surface area contributed by atoms with Crippen molar-refractivity contribution in [2.45, 2.75) is 25.5 Å². The van der Waals surface area contributed by atoms with E-state index in [1.807, 2.05) is 30.3 Å². The van der Waals surface area contributed by atoms with Crippen molar-refractivity contribution in [1.29, 1.82) is 0 Å². The van der Waals surface area contributed by atoms with E-state index in [1.165, 1.54) is 13.2 Å². The molecule has 1 aromatic heterocycles. The molecule has 1 fully saturated rings. The minimum absolute atomic E-state index is 0.0182. The third kappa shape index (κ3) is 4.36. The maximum Gasteiger partial charge on any atom is 0.410 e. The monoisotopic (exact) mass is 370 g/mol. The van der Waals surface area contributed by atoms with E-state index in [9.17, 15) is 14.4 Å². The van der Waals surface area contributed by atoms with Crippen LogP contribution in [-0.2, 0) is 16.1 Å². The molecule has 0 unspecified atom stereocenters. The average molecular weight is 370 g/mol. The highest BCUT2D eigenvalue weighted by Gasteiger charge is 2.26. The first-order valence-electron chi connectivity index (χ1n) is 8.85. The number of rotatable bonds is 4. The molecule has 0 atom stereocenters. The highest BCUT2D eigenvalue weighted by atomic mass is 16.6. The lowest BCUT2D eigenvalue weighted by molar-refractivity contribution is 0.0597. The van der Waals surface area contributed by atoms with Crippen molar-refractivity contribution in [2.75, 3.05) is 20.2 Å². The molecule has 0 saturated carbocycles. The molecule has 1 aliphatic heterocycles. The topological polar surface area (TPSA) is 77.8 Å². The lowest BCUT2D eigenvalue weighted by Crippen LogP contribution is -2.41. The second kappa shape index (κ2) is 8.53. The van der Waals surface area contributed by atoms with Crippen LogP contribution in [-0.4, -0.2) is 41.7 Å². The molecule has 0 bridgehead atoms. The van der Waals surface area contributed by atoms with Gasteiger partial charge in [-0.3, -0.25) is 4.79 Å². The largest absolute Gasteiger partial charge is 0.465 e. The Labute approximate surface area is 157 Å². The van der Waals surface area contributed by atoms with Crippen molar-refractivity contribution in [3.8, 4) is 0 Å². The molecule has 1 aromatic carbocycles. The van der Waals surface area contributed by atoms with Gasteiger partial charge >= 0.3 is 12.1 Å². The molecule has 1 amide bonds. The van der Waals surface area contributed by atoms with E-state index in [1.54, 1.807) is 21.7 Å². The first-order valence-corrected chi connectivity index (χ1v) is 8.85. The van der Waals surface area contributed by atoms with Crippen molar-refractivity contribution in [2.24, 2.45) is 0 Å². The second-order valence-electron chi connectivity index (χ2n) is 6.38. The number of esters is 1. The Hall–Kier alpha value is -3.09. The molecule has 1 saturated heterocycles. The van der Waals surface area contributed by atoms with Gasteiger partial charge in [0.1, 0.15) is 12.2 Å². The molecule has 2 aromatic rings. The molecule has 142 valence electrons. The number of pyridine rings is 1. The summed E-state index contributed by atoms with van der Waals surface area (Å²) in [6.07, 6.45) is 2.55. The molecule has 0 N–H and O–H groups in total. The SMILES string of the molecule is COC(=O)c1cccn(C2CCN(C(=O)OCc3ccccc3)CC2)c1=O. The molecule has 0 radical (unpaired) electrons. The maximum absolute atomic E-state index is 12.5. The third-order valence-electron chi connectivity index (χ3n) is 4.70. The van der Waals surface area contributed by atoms with Crippen molar-refractivity contribution in [3.63, 3.8) is 0 Å². The number of carbonyl (C=O) groups is 2. The van der Waals surface area contributed by atoms with E-state index in [-0.39, 0.29) is 29.9 Å². The molecule has 2 heterocycles. The summed E-state index contributed by atoms with van der Waals surface area (Å²) in [6.45, 7) is 1.22. The Bertz CT molecular complexity index is 854. The van der Waals surface area contributed by atoms with Crippen LogP contribution in [0.2, 0.25) is 0 Å². The van der Waals surface area contributed by atoms with E-state index >= 15 is 0 Å². The number of nitrogens with zero attached hydrogens (tertiary/aromatic N) is 2. The Kier molecular flexibility index (Phi) is 5.90. The van der Waals surface area contributed by atoms with Gasteiger partial charge in [0, 0.05) is 25.3 Å². The fourth-order valence-corrected chi connectivity index (χ4v) is 3.20. The predicted octanol–water partition coefficient (Wildman–Crippen LogP) is 2.61. The Morgan fingerprint density at radius 3 is 2.44 bits per heavy atom. The minimum atomic E-state index is -0.642. The van der Waals surface area contributed by atoms with E-state index < -0.39 is 5.97 Å². The van der Waals surface area contributed by atoms with E-state index in [4.69, 9.17) is 4.74 Å². The molecule has 7 heteroatoms. The van der Waals surface area contributed by atoms with Gasteiger partial charge in [0.15, 0.2) is 0 Å². The first kappa shape index (κ1) is 18.7. The summed E-state index contributed by atoms with van der Waals surface area (Å²) >= 11 is 0. The lowest BCUT2D eigenvalue weighted by Gasteiger charge is -2.32. The smallest absolute Gasteiger partial charge is 0.410 e. The van der Waals surface area contributed by atoms with Crippen LogP contribution < -0.4 is 5.56 Å². The van der Waals surface area contributed by atoms with Gasteiger partial charge in [-0.1, -0.05) is 30.3 Å². The molecule has 3 rings (SSSR count). The van der Waals surface area contributed by atoms with Crippen molar-refractivity contribution < 1.29 is 19.1 Å². The summed E-state index contributed by atoms with van der Waals surface area (Å²) in [6, 6.07) is 12.6. The van der Waals surface area contributed by atoms with Crippen LogP contribution in [0.5, 0.6) is 0 Å². The van der Waals surface area contributed by atoms with Gasteiger partial charge in [-0.05, 0) is 30.5 Å². The van der Waals surface area contributed by atoms with Crippen LogP contribution in [0.15, 0.2) is 53.5 Å². The van der Waals surface area contributed by atoms with E-state index in [0.29, 0.717) is 25.9 Å². The summed E-state index contributed by atoms with van der Waals surface area (Å²) in [5.41, 5.74) is 0.589. The van der Waals surface area contributed by atoms with Gasteiger partial charge in [-0.15, -0.1) is 0 Å². The van der Waals surface area contributed by atoms with Gasteiger partial charge in [-0.2, -0.15) is 0 Å². The predicted molar refractivity (Wildman–Crippen MR) is 98.5 cm³/mol. The molecular weight excluding hydrogens is 348 g/mol. The second-order valence-corrected chi connectivity index (χ2v) is 6.38. The van der Waals surface area contributed by atoms with Gasteiger partial charge in [-0.25, -0.2) is 9.59 Å². The quantitative estimate of drug-likeness (QED) is 0.773. The Morgan fingerprint density at radius 2 is 1.78 bits per heavy atom. The maximum atomic E-state index is 12.5. The van der Waals surface area contributed by atoms with Crippen molar-refractivity contribution >= 4 is 12.1 Å². The Morgan fingerprint density at radius 1 is 1.07 bits per heavy atom. The number of hydrogen-bond acceptors (Lipinski definition) is 5. The zero-order valence-corrected chi connectivity index (χ0v) is 15.2. The zero-order chi connectivity index (χ0) is 19.2. The normalized spacial score (nSPS) is 14.6. The molecule has 0 aliphatic carbocycles. The van der Waals surface area contributed by atoms with Gasteiger partial charge < -0.3 is 18.9 Å².